The second-order valence-electron chi connectivity index (χ2n) is 3.40. The van der Waals surface area contributed by atoms with Gasteiger partial charge in [-0.3, -0.25) is 0 Å². The minimum atomic E-state index is 0. The van der Waals surface area contributed by atoms with E-state index in [1.807, 2.05) is 0 Å². The monoisotopic (exact) mass is 230 g/mol. The van der Waals surface area contributed by atoms with Gasteiger partial charge in [-0.2, -0.15) is 0 Å². The molecule has 63 valence electrons. The summed E-state index contributed by atoms with van der Waals surface area (Å²) in [5.74, 6) is 0. The van der Waals surface area contributed by atoms with Crippen LogP contribution >= 0.6 is 0 Å². The first-order chi connectivity index (χ1) is 4.70. The van der Waals surface area contributed by atoms with E-state index >= 15 is 0 Å². The molecule has 0 aromatic carbocycles. The SMILES string of the molecule is CC(C)N1CCC([NH-])CC1.[Y]. The summed E-state index contributed by atoms with van der Waals surface area (Å²) in [5, 5.41) is 0. The van der Waals surface area contributed by atoms with Gasteiger partial charge in [-0.15, -0.1) is 6.04 Å². The van der Waals surface area contributed by atoms with Crippen molar-refractivity contribution in [3.63, 3.8) is 0 Å². The van der Waals surface area contributed by atoms with Crippen molar-refractivity contribution in [1.82, 2.24) is 4.90 Å². The van der Waals surface area contributed by atoms with Crippen LogP contribution < -0.4 is 0 Å². The summed E-state index contributed by atoms with van der Waals surface area (Å²) in [7, 11) is 0. The largest absolute Gasteiger partial charge is 0.675 e. The quantitative estimate of drug-likeness (QED) is 0.676. The number of hydrogen-bond donors (Lipinski definition) is 0. The van der Waals surface area contributed by atoms with Crippen molar-refractivity contribution in [1.29, 1.82) is 0 Å². The van der Waals surface area contributed by atoms with Crippen molar-refractivity contribution < 1.29 is 32.7 Å². The number of piperidine rings is 1. The minimum absolute atomic E-state index is 0. The van der Waals surface area contributed by atoms with E-state index in [0.29, 0.717) is 6.04 Å². The maximum atomic E-state index is 7.48. The first kappa shape index (κ1) is 12.0. The van der Waals surface area contributed by atoms with Gasteiger partial charge < -0.3 is 10.6 Å². The van der Waals surface area contributed by atoms with Crippen LogP contribution in [0.4, 0.5) is 0 Å². The molecule has 1 saturated heterocycles. The fraction of sp³-hybridized carbons (Fsp3) is 1.00. The molecular formula is C8H17N2Y-. The van der Waals surface area contributed by atoms with Crippen LogP contribution in [0.5, 0.6) is 0 Å². The Morgan fingerprint density at radius 2 is 1.73 bits per heavy atom. The molecule has 1 aliphatic heterocycles. The van der Waals surface area contributed by atoms with E-state index in [2.05, 4.69) is 18.7 Å². The third-order valence-corrected chi connectivity index (χ3v) is 2.26. The van der Waals surface area contributed by atoms with Gasteiger partial charge >= 0.3 is 0 Å². The molecular weight excluding hydrogens is 213 g/mol. The molecule has 2 nitrogen and oxygen atoms in total. The standard InChI is InChI=1S/C8H17N2.Y/c1-7(2)10-5-3-8(9)4-6-10;/h7-9H,3-6H2,1-2H3;/q-1;. The van der Waals surface area contributed by atoms with Gasteiger partial charge in [0.15, 0.2) is 0 Å². The van der Waals surface area contributed by atoms with Gasteiger partial charge in [0.25, 0.3) is 0 Å². The number of hydrogen-bond acceptors (Lipinski definition) is 1. The van der Waals surface area contributed by atoms with Crippen molar-refractivity contribution >= 4 is 0 Å². The summed E-state index contributed by atoms with van der Waals surface area (Å²) in [5.41, 5.74) is 7.48. The van der Waals surface area contributed by atoms with Gasteiger partial charge in [0.2, 0.25) is 0 Å². The van der Waals surface area contributed by atoms with Crippen LogP contribution in [-0.4, -0.2) is 30.1 Å². The van der Waals surface area contributed by atoms with E-state index in [1.165, 1.54) is 0 Å². The topological polar surface area (TPSA) is 27.0 Å². The van der Waals surface area contributed by atoms with E-state index in [1.54, 1.807) is 0 Å². The summed E-state index contributed by atoms with van der Waals surface area (Å²) >= 11 is 0. The van der Waals surface area contributed by atoms with E-state index in [4.69, 9.17) is 5.73 Å². The zero-order valence-corrected chi connectivity index (χ0v) is 10.3. The average molecular weight is 230 g/mol. The predicted molar refractivity (Wildman–Crippen MR) is 44.1 cm³/mol. The van der Waals surface area contributed by atoms with Crippen molar-refractivity contribution in [2.24, 2.45) is 0 Å². The van der Waals surface area contributed by atoms with Gasteiger partial charge in [-0.05, 0) is 26.9 Å². The van der Waals surface area contributed by atoms with E-state index in [-0.39, 0.29) is 38.8 Å². The molecule has 0 atom stereocenters. The fourth-order valence-corrected chi connectivity index (χ4v) is 1.42. The molecule has 1 N–H and O–H groups in total. The molecule has 1 rings (SSSR count). The number of nitrogens with one attached hydrogen (secondary N) is 1. The van der Waals surface area contributed by atoms with Crippen molar-refractivity contribution in [3.05, 3.63) is 5.73 Å². The number of rotatable bonds is 1. The van der Waals surface area contributed by atoms with Gasteiger partial charge in [0.1, 0.15) is 0 Å². The van der Waals surface area contributed by atoms with Crippen LogP contribution in [0, 0.1) is 0 Å². The van der Waals surface area contributed by atoms with Crippen molar-refractivity contribution in [2.75, 3.05) is 13.1 Å². The second-order valence-corrected chi connectivity index (χ2v) is 3.40. The Morgan fingerprint density at radius 1 is 1.27 bits per heavy atom. The van der Waals surface area contributed by atoms with Gasteiger partial charge in [0, 0.05) is 38.8 Å². The molecule has 0 unspecified atom stereocenters. The molecule has 1 aliphatic rings. The average Bonchev–Trinajstić information content (AvgIpc) is 1.88. The fourth-order valence-electron chi connectivity index (χ4n) is 1.42. The van der Waals surface area contributed by atoms with Crippen LogP contribution in [0.25, 0.3) is 5.73 Å². The molecule has 0 amide bonds. The Kier molecular flexibility index (Phi) is 6.16. The Labute approximate surface area is 94.8 Å². The van der Waals surface area contributed by atoms with E-state index in [0.717, 1.165) is 25.9 Å². The van der Waals surface area contributed by atoms with Crippen LogP contribution in [-0.2, 0) is 32.7 Å². The summed E-state index contributed by atoms with van der Waals surface area (Å²) in [6.45, 7) is 6.71. The molecule has 0 bridgehead atoms. The maximum absolute atomic E-state index is 7.48. The first-order valence-corrected chi connectivity index (χ1v) is 4.15. The van der Waals surface area contributed by atoms with E-state index < -0.39 is 0 Å². The molecule has 0 spiro atoms. The van der Waals surface area contributed by atoms with Crippen LogP contribution in [0.1, 0.15) is 26.7 Å². The summed E-state index contributed by atoms with van der Waals surface area (Å²) in [4.78, 5) is 2.45. The van der Waals surface area contributed by atoms with Gasteiger partial charge in [0.05, 0.1) is 0 Å². The molecule has 11 heavy (non-hydrogen) atoms. The van der Waals surface area contributed by atoms with Gasteiger partial charge in [-0.25, -0.2) is 0 Å². The Bertz CT molecular complexity index is 98.3. The molecule has 3 heteroatoms. The van der Waals surface area contributed by atoms with E-state index in [9.17, 15) is 0 Å². The summed E-state index contributed by atoms with van der Waals surface area (Å²) in [6.07, 6.45) is 2.14. The van der Waals surface area contributed by atoms with Crippen molar-refractivity contribution in [2.45, 2.75) is 38.8 Å². The zero-order valence-electron chi connectivity index (χ0n) is 7.51. The van der Waals surface area contributed by atoms with Crippen LogP contribution in [0.3, 0.4) is 0 Å². The third-order valence-electron chi connectivity index (χ3n) is 2.26. The summed E-state index contributed by atoms with van der Waals surface area (Å²) < 4.78 is 0. The smallest absolute Gasteiger partial charge is 0.00385 e. The van der Waals surface area contributed by atoms with Gasteiger partial charge in [-0.1, -0.05) is 12.8 Å². The van der Waals surface area contributed by atoms with Crippen LogP contribution in [0.2, 0.25) is 0 Å². The van der Waals surface area contributed by atoms with Crippen molar-refractivity contribution in [3.8, 4) is 0 Å². The molecule has 0 aromatic heterocycles. The van der Waals surface area contributed by atoms with Crippen LogP contribution in [0.15, 0.2) is 0 Å². The predicted octanol–water partition coefficient (Wildman–Crippen LogP) is 1.91. The molecule has 0 aliphatic carbocycles. The normalized spacial score (nSPS) is 21.8. The Morgan fingerprint density at radius 3 is 2.09 bits per heavy atom. The molecule has 1 fully saturated rings. The molecule has 0 saturated carbocycles. The Hall–Kier alpha value is 1.02. The number of likely N-dealkylation sites (tertiary alicyclic amines) is 1. The minimum Gasteiger partial charge on any atom is -0.675 e. The molecule has 1 heterocycles. The Balaban J connectivity index is 0.000001000. The maximum Gasteiger partial charge on any atom is 0.00385 e. The molecule has 1 radical (unpaired) electrons. The second kappa shape index (κ2) is 5.63. The zero-order chi connectivity index (χ0) is 7.56. The summed E-state index contributed by atoms with van der Waals surface area (Å²) in [6, 6.07) is 0.891. The third kappa shape index (κ3) is 3.98. The first-order valence-electron chi connectivity index (χ1n) is 4.15. The number of nitrogens with zero attached hydrogens (tertiary/aromatic N) is 1. The molecule has 0 aromatic rings.